The van der Waals surface area contributed by atoms with E-state index in [1.165, 1.54) is 21.8 Å². The van der Waals surface area contributed by atoms with Crippen molar-refractivity contribution in [3.05, 3.63) is 42.3 Å². The third kappa shape index (κ3) is 4.25. The largest absolute Gasteiger partial charge is 0.457 e. The number of halogens is 1. The Hall–Kier alpha value is -3.93. The predicted molar refractivity (Wildman–Crippen MR) is 108 cm³/mol. The number of nitrogens with zero attached hydrogens (tertiary/aromatic N) is 6. The van der Waals surface area contributed by atoms with Crippen molar-refractivity contribution < 1.29 is 29.2 Å². The summed E-state index contributed by atoms with van der Waals surface area (Å²) in [6.45, 7) is 1.66. The van der Waals surface area contributed by atoms with E-state index in [1.54, 1.807) is 38.2 Å². The molecule has 3 heterocycles. The molecule has 0 spiro atoms. The number of aryl methyl sites for hydroxylation is 1. The van der Waals surface area contributed by atoms with Gasteiger partial charge in [-0.25, -0.2) is 18.7 Å². The summed E-state index contributed by atoms with van der Waals surface area (Å²) in [7, 11) is 1.70. The molecule has 2 atom stereocenters. The van der Waals surface area contributed by atoms with Crippen LogP contribution in [0.15, 0.2) is 36.5 Å². The number of quaternary nitrogens is 1. The van der Waals surface area contributed by atoms with Gasteiger partial charge in [-0.3, -0.25) is 9.88 Å². The van der Waals surface area contributed by atoms with Crippen LogP contribution in [-0.2, 0) is 21.3 Å². The second-order valence-corrected chi connectivity index (χ2v) is 7.37. The van der Waals surface area contributed by atoms with Gasteiger partial charge in [-0.2, -0.15) is 0 Å². The standard InChI is InChI=1S/C20H20FN7O4/c1-11(22)19(29)31-10-14-9-28(20(30)32-14)13-4-5-15(16(21)7-13)12-3-6-17(23-8-12)18-24-25-26-27(18)2/h3-8,11,14H,9-10,22H2,1-2H3/p+1/t11-,14+/m0/s1. The second-order valence-electron chi connectivity index (χ2n) is 7.37. The highest BCUT2D eigenvalue weighted by Crippen LogP contribution is 2.29. The fourth-order valence-electron chi connectivity index (χ4n) is 3.17. The lowest BCUT2D eigenvalue weighted by atomic mass is 10.1. The van der Waals surface area contributed by atoms with Gasteiger partial charge in [0.2, 0.25) is 0 Å². The number of amides is 1. The molecule has 1 saturated heterocycles. The fraction of sp³-hybridized carbons (Fsp3) is 0.300. The van der Waals surface area contributed by atoms with Crippen LogP contribution in [0.25, 0.3) is 22.6 Å². The topological polar surface area (TPSA) is 140 Å². The van der Waals surface area contributed by atoms with Crippen molar-refractivity contribution in [1.82, 2.24) is 25.2 Å². The van der Waals surface area contributed by atoms with Gasteiger partial charge in [0.1, 0.15) is 18.1 Å². The van der Waals surface area contributed by atoms with Crippen LogP contribution in [0.5, 0.6) is 0 Å². The van der Waals surface area contributed by atoms with Crippen molar-refractivity contribution in [1.29, 1.82) is 0 Å². The monoisotopic (exact) mass is 442 g/mol. The van der Waals surface area contributed by atoms with Gasteiger partial charge in [-0.15, -0.1) is 5.10 Å². The van der Waals surface area contributed by atoms with E-state index >= 15 is 0 Å². The number of benzene rings is 1. The average Bonchev–Trinajstić information content (AvgIpc) is 3.37. The highest BCUT2D eigenvalue weighted by atomic mass is 19.1. The molecule has 1 aliphatic heterocycles. The van der Waals surface area contributed by atoms with Crippen LogP contribution >= 0.6 is 0 Å². The van der Waals surface area contributed by atoms with Gasteiger partial charge in [-0.1, -0.05) is 6.07 Å². The Morgan fingerprint density at radius 2 is 2.19 bits per heavy atom. The van der Waals surface area contributed by atoms with E-state index in [4.69, 9.17) is 9.47 Å². The SMILES string of the molecule is C[C@H]([NH3+])C(=O)OC[C@H]1CN(c2ccc(-c3ccc(-c4nnnn4C)nc3)c(F)c2)C(=O)O1. The Kier molecular flexibility index (Phi) is 5.77. The molecular weight excluding hydrogens is 421 g/mol. The molecule has 1 aliphatic rings. The normalized spacial score (nSPS) is 16.7. The quantitative estimate of drug-likeness (QED) is 0.547. The lowest BCUT2D eigenvalue weighted by Crippen LogP contribution is -2.63. The van der Waals surface area contributed by atoms with Crippen LogP contribution in [0.2, 0.25) is 0 Å². The Labute approximate surface area is 181 Å². The molecule has 3 N–H and O–H groups in total. The summed E-state index contributed by atoms with van der Waals surface area (Å²) in [4.78, 5) is 29.4. The molecule has 32 heavy (non-hydrogen) atoms. The maximum atomic E-state index is 14.9. The number of carbonyl (C=O) groups excluding carboxylic acids is 2. The van der Waals surface area contributed by atoms with Crippen LogP contribution in [-0.4, -0.2) is 62.6 Å². The van der Waals surface area contributed by atoms with Gasteiger partial charge in [-0.05, 0) is 41.6 Å². The molecule has 166 valence electrons. The zero-order valence-electron chi connectivity index (χ0n) is 17.4. The van der Waals surface area contributed by atoms with E-state index in [0.29, 0.717) is 28.3 Å². The van der Waals surface area contributed by atoms with E-state index in [0.717, 1.165) is 0 Å². The maximum absolute atomic E-state index is 14.9. The van der Waals surface area contributed by atoms with Crippen molar-refractivity contribution in [2.45, 2.75) is 19.1 Å². The Bertz CT molecular complexity index is 1150. The Balaban J connectivity index is 1.47. The average molecular weight is 442 g/mol. The minimum atomic E-state index is -0.639. The number of rotatable bonds is 6. The van der Waals surface area contributed by atoms with Crippen molar-refractivity contribution in [2.75, 3.05) is 18.1 Å². The maximum Gasteiger partial charge on any atom is 0.414 e. The number of pyridine rings is 1. The first-order chi connectivity index (χ1) is 15.3. The molecule has 11 nitrogen and oxygen atoms in total. The van der Waals surface area contributed by atoms with Gasteiger partial charge in [0.05, 0.1) is 12.2 Å². The van der Waals surface area contributed by atoms with Gasteiger partial charge in [0, 0.05) is 24.4 Å². The molecule has 0 unspecified atom stereocenters. The van der Waals surface area contributed by atoms with Crippen molar-refractivity contribution in [2.24, 2.45) is 7.05 Å². The molecule has 0 bridgehead atoms. The van der Waals surface area contributed by atoms with E-state index in [9.17, 15) is 14.0 Å². The number of cyclic esters (lactones) is 1. The van der Waals surface area contributed by atoms with E-state index in [1.807, 2.05) is 0 Å². The number of anilines is 1. The number of hydrogen-bond acceptors (Lipinski definition) is 8. The summed E-state index contributed by atoms with van der Waals surface area (Å²) >= 11 is 0. The number of ether oxygens (including phenoxy) is 2. The molecule has 1 aromatic carbocycles. The molecule has 3 aromatic rings. The minimum absolute atomic E-state index is 0.0828. The Morgan fingerprint density at radius 1 is 1.38 bits per heavy atom. The van der Waals surface area contributed by atoms with E-state index in [-0.39, 0.29) is 13.2 Å². The molecule has 1 fully saturated rings. The summed E-state index contributed by atoms with van der Waals surface area (Å²) in [5, 5.41) is 11.2. The smallest absolute Gasteiger partial charge is 0.414 e. The Morgan fingerprint density at radius 3 is 2.81 bits per heavy atom. The first kappa shape index (κ1) is 21.3. The summed E-state index contributed by atoms with van der Waals surface area (Å²) in [6.07, 6.45) is 0.254. The number of aromatic nitrogens is 5. The van der Waals surface area contributed by atoms with Crippen molar-refractivity contribution in [3.8, 4) is 22.6 Å². The molecule has 4 rings (SSSR count). The van der Waals surface area contributed by atoms with Crippen molar-refractivity contribution in [3.63, 3.8) is 0 Å². The third-order valence-electron chi connectivity index (χ3n) is 4.88. The number of tetrazole rings is 1. The zero-order chi connectivity index (χ0) is 22.8. The summed E-state index contributed by atoms with van der Waals surface area (Å²) in [6, 6.07) is 7.33. The van der Waals surface area contributed by atoms with Crippen LogP contribution in [0.3, 0.4) is 0 Å². The van der Waals surface area contributed by atoms with Crippen LogP contribution in [0.4, 0.5) is 14.9 Å². The first-order valence-electron chi connectivity index (χ1n) is 9.80. The molecule has 2 aromatic heterocycles. The number of hydrogen-bond donors (Lipinski definition) is 1. The van der Waals surface area contributed by atoms with Crippen LogP contribution in [0.1, 0.15) is 6.92 Å². The van der Waals surface area contributed by atoms with Gasteiger partial charge >= 0.3 is 12.1 Å². The molecule has 0 radical (unpaired) electrons. The summed E-state index contributed by atoms with van der Waals surface area (Å²) in [5.74, 6) is -0.513. The molecule has 1 amide bonds. The molecule has 0 saturated carbocycles. The zero-order valence-corrected chi connectivity index (χ0v) is 17.4. The highest BCUT2D eigenvalue weighted by Gasteiger charge is 2.34. The minimum Gasteiger partial charge on any atom is -0.457 e. The molecule has 12 heteroatoms. The van der Waals surface area contributed by atoms with Crippen LogP contribution in [0, 0.1) is 5.82 Å². The highest BCUT2D eigenvalue weighted by molar-refractivity contribution is 5.90. The third-order valence-corrected chi connectivity index (χ3v) is 4.88. The summed E-state index contributed by atoms with van der Waals surface area (Å²) in [5.41, 5.74) is 5.35. The molecule has 0 aliphatic carbocycles. The fourth-order valence-corrected chi connectivity index (χ4v) is 3.17. The molecular formula is C20H21FN7O4+. The lowest BCUT2D eigenvalue weighted by Gasteiger charge is -2.14. The van der Waals surface area contributed by atoms with E-state index < -0.39 is 30.0 Å². The second kappa shape index (κ2) is 8.67. The van der Waals surface area contributed by atoms with Gasteiger partial charge in [0.15, 0.2) is 18.0 Å². The lowest BCUT2D eigenvalue weighted by molar-refractivity contribution is -0.403. The number of esters is 1. The van der Waals surface area contributed by atoms with Gasteiger partial charge < -0.3 is 15.2 Å². The van der Waals surface area contributed by atoms with Crippen LogP contribution < -0.4 is 10.6 Å². The summed E-state index contributed by atoms with van der Waals surface area (Å²) < 4.78 is 26.6. The predicted octanol–water partition coefficient (Wildman–Crippen LogP) is 0.577. The number of carbonyl (C=O) groups is 2. The first-order valence-corrected chi connectivity index (χ1v) is 9.80. The van der Waals surface area contributed by atoms with Crippen molar-refractivity contribution >= 4 is 17.7 Å². The van der Waals surface area contributed by atoms with Gasteiger partial charge in [0.25, 0.3) is 0 Å². The van der Waals surface area contributed by atoms with E-state index in [2.05, 4.69) is 26.2 Å².